The van der Waals surface area contributed by atoms with Crippen molar-refractivity contribution in [2.24, 2.45) is 0 Å². The molecule has 202 valence electrons. The van der Waals surface area contributed by atoms with Crippen LogP contribution < -0.4 is 9.13 Å². The predicted molar refractivity (Wildman–Crippen MR) is 156 cm³/mol. The monoisotopic (exact) mass is 534 g/mol. The Labute approximate surface area is 232 Å². The van der Waals surface area contributed by atoms with Gasteiger partial charge in [0.1, 0.15) is 0 Å². The van der Waals surface area contributed by atoms with Crippen LogP contribution in [0.1, 0.15) is 139 Å². The maximum absolute atomic E-state index is 6.69. The van der Waals surface area contributed by atoms with Crippen molar-refractivity contribution in [1.82, 2.24) is 0 Å². The molecule has 2 nitrogen and oxygen atoms in total. The molecule has 4 heteroatoms. The van der Waals surface area contributed by atoms with E-state index >= 15 is 0 Å². The second kappa shape index (κ2) is 19.9. The largest absolute Gasteiger partial charge is 0.232 e. The van der Waals surface area contributed by atoms with Gasteiger partial charge in [0.05, 0.1) is 0 Å². The third-order valence-corrected chi connectivity index (χ3v) is 8.07. The first-order valence-electron chi connectivity index (χ1n) is 14.9. The van der Waals surface area contributed by atoms with E-state index < -0.39 is 0 Å². The van der Waals surface area contributed by atoms with Crippen LogP contribution in [0.5, 0.6) is 0 Å². The lowest BCUT2D eigenvalue weighted by molar-refractivity contribution is -0.703. The van der Waals surface area contributed by atoms with Crippen molar-refractivity contribution < 1.29 is 9.13 Å². The maximum atomic E-state index is 6.69. The van der Waals surface area contributed by atoms with Crippen molar-refractivity contribution in [3.05, 3.63) is 60.2 Å². The maximum Gasteiger partial charge on any atom is 0.232 e. The summed E-state index contributed by atoms with van der Waals surface area (Å²) in [5, 5.41) is 0. The summed E-state index contributed by atoms with van der Waals surface area (Å²) in [6.07, 6.45) is 31.2. The number of aryl methyl sites for hydroxylation is 2. The normalized spacial score (nSPS) is 13.1. The third-order valence-electron chi connectivity index (χ3n) is 7.19. The smallest absolute Gasteiger partial charge is 0.188 e. The predicted octanol–water partition coefficient (Wildman–Crippen LogP) is 9.80. The van der Waals surface area contributed by atoms with E-state index in [0.717, 1.165) is 25.7 Å². The number of alkyl halides is 2. The quantitative estimate of drug-likeness (QED) is 0.0854. The molecule has 0 bridgehead atoms. The first-order chi connectivity index (χ1) is 17.6. The number of nitrogens with zero attached hydrogens (tertiary/aromatic N) is 2. The minimum atomic E-state index is 0.0783. The minimum Gasteiger partial charge on any atom is -0.188 e. The SMILES string of the molecule is CCCCCc1ccc[n+](C(Cl)CCCCCCCCCCC(Cl)[n+]2cccc(CCCCC)c2)c1. The van der Waals surface area contributed by atoms with Gasteiger partial charge in [0.15, 0.2) is 24.8 Å². The van der Waals surface area contributed by atoms with Crippen LogP contribution >= 0.6 is 23.2 Å². The van der Waals surface area contributed by atoms with E-state index in [1.165, 1.54) is 101 Å². The van der Waals surface area contributed by atoms with Gasteiger partial charge in [-0.2, -0.15) is 9.13 Å². The summed E-state index contributed by atoms with van der Waals surface area (Å²) in [6, 6.07) is 8.75. The zero-order valence-electron chi connectivity index (χ0n) is 23.2. The highest BCUT2D eigenvalue weighted by atomic mass is 35.5. The highest BCUT2D eigenvalue weighted by molar-refractivity contribution is 6.18. The number of hydrogen-bond donors (Lipinski definition) is 0. The van der Waals surface area contributed by atoms with Gasteiger partial charge < -0.3 is 0 Å². The summed E-state index contributed by atoms with van der Waals surface area (Å²) in [5.74, 6) is 0. The summed E-state index contributed by atoms with van der Waals surface area (Å²) in [7, 11) is 0. The van der Waals surface area contributed by atoms with Crippen LogP contribution in [0.2, 0.25) is 0 Å². The number of hydrogen-bond acceptors (Lipinski definition) is 0. The van der Waals surface area contributed by atoms with Gasteiger partial charge in [-0.15, -0.1) is 0 Å². The van der Waals surface area contributed by atoms with Crippen LogP contribution in [0, 0.1) is 0 Å². The van der Waals surface area contributed by atoms with Gasteiger partial charge in [-0.25, -0.2) is 0 Å². The molecule has 0 fully saturated rings. The van der Waals surface area contributed by atoms with Gasteiger partial charge in [-0.05, 0) is 73.9 Å². The molecule has 2 rings (SSSR count). The minimum absolute atomic E-state index is 0.0783. The Balaban J connectivity index is 1.49. The van der Waals surface area contributed by atoms with Crippen molar-refractivity contribution in [1.29, 1.82) is 0 Å². The van der Waals surface area contributed by atoms with E-state index in [1.54, 1.807) is 0 Å². The number of rotatable bonds is 21. The Bertz CT molecular complexity index is 743. The van der Waals surface area contributed by atoms with Crippen LogP contribution in [0.15, 0.2) is 49.1 Å². The zero-order chi connectivity index (χ0) is 25.8. The van der Waals surface area contributed by atoms with E-state index in [1.807, 2.05) is 0 Å². The van der Waals surface area contributed by atoms with E-state index in [2.05, 4.69) is 72.0 Å². The second-order valence-corrected chi connectivity index (χ2v) is 11.5. The fourth-order valence-electron chi connectivity index (χ4n) is 4.87. The average Bonchev–Trinajstić information content (AvgIpc) is 2.90. The van der Waals surface area contributed by atoms with Crippen LogP contribution in [-0.4, -0.2) is 0 Å². The summed E-state index contributed by atoms with van der Waals surface area (Å²) >= 11 is 13.4. The van der Waals surface area contributed by atoms with Crippen molar-refractivity contribution >= 4 is 23.2 Å². The molecule has 2 heterocycles. The molecule has 0 aliphatic heterocycles. The van der Waals surface area contributed by atoms with Crippen molar-refractivity contribution in [2.45, 2.75) is 140 Å². The molecule has 2 atom stereocenters. The average molecular weight is 536 g/mol. The molecule has 0 saturated heterocycles. The molecule has 0 saturated carbocycles. The fourth-order valence-corrected chi connectivity index (χ4v) is 5.43. The molecule has 36 heavy (non-hydrogen) atoms. The lowest BCUT2D eigenvalue weighted by Gasteiger charge is -2.08. The molecular formula is C32H52Cl2N2+2. The van der Waals surface area contributed by atoms with Crippen molar-refractivity contribution in [2.75, 3.05) is 0 Å². The van der Waals surface area contributed by atoms with Gasteiger partial charge >= 0.3 is 0 Å². The molecule has 0 aromatic carbocycles. The number of aromatic nitrogens is 2. The topological polar surface area (TPSA) is 7.76 Å². The lowest BCUT2D eigenvalue weighted by atomic mass is 10.1. The Kier molecular flexibility index (Phi) is 17.2. The van der Waals surface area contributed by atoms with E-state index in [-0.39, 0.29) is 11.0 Å². The first kappa shape index (κ1) is 31.1. The molecule has 2 aromatic rings. The highest BCUT2D eigenvalue weighted by Crippen LogP contribution is 2.19. The van der Waals surface area contributed by atoms with E-state index in [0.29, 0.717) is 0 Å². The fraction of sp³-hybridized carbons (Fsp3) is 0.688. The van der Waals surface area contributed by atoms with Crippen LogP contribution in [0.25, 0.3) is 0 Å². The van der Waals surface area contributed by atoms with Gasteiger partial charge in [0.2, 0.25) is 11.0 Å². The molecule has 0 spiro atoms. The summed E-state index contributed by atoms with van der Waals surface area (Å²) in [6.45, 7) is 4.51. The third kappa shape index (κ3) is 13.4. The molecule has 2 aromatic heterocycles. The standard InChI is InChI=1S/C32H52Cl2N2/c1-3-5-13-19-29-21-17-25-35(27-29)31(33)23-15-11-9-7-8-10-12-16-24-32(34)36-26-18-22-30(28-36)20-14-6-4-2/h17-18,21-22,25-28,31-32H,3-16,19-20,23-24H2,1-2H3/q+2. The first-order valence-corrected chi connectivity index (χ1v) is 15.8. The molecule has 0 N–H and O–H groups in total. The van der Waals surface area contributed by atoms with Gasteiger partial charge in [-0.1, -0.05) is 78.1 Å². The number of halogens is 2. The molecule has 0 aliphatic carbocycles. The molecule has 2 unspecified atom stereocenters. The van der Waals surface area contributed by atoms with Crippen molar-refractivity contribution in [3.63, 3.8) is 0 Å². The van der Waals surface area contributed by atoms with Crippen LogP contribution in [0.3, 0.4) is 0 Å². The summed E-state index contributed by atoms with van der Waals surface area (Å²) < 4.78 is 4.40. The second-order valence-electron chi connectivity index (χ2n) is 10.5. The molecule has 0 radical (unpaired) electrons. The Morgan fingerprint density at radius 1 is 0.556 bits per heavy atom. The summed E-state index contributed by atoms with van der Waals surface area (Å²) in [5.41, 5.74) is 2.97. The van der Waals surface area contributed by atoms with E-state index in [4.69, 9.17) is 23.2 Å². The summed E-state index contributed by atoms with van der Waals surface area (Å²) in [4.78, 5) is 0. The molecular weight excluding hydrogens is 483 g/mol. The van der Waals surface area contributed by atoms with E-state index in [9.17, 15) is 0 Å². The zero-order valence-corrected chi connectivity index (χ0v) is 24.7. The number of pyridine rings is 2. The number of unbranched alkanes of at least 4 members (excludes halogenated alkanes) is 11. The highest BCUT2D eigenvalue weighted by Gasteiger charge is 2.16. The van der Waals surface area contributed by atoms with Crippen LogP contribution in [0.4, 0.5) is 0 Å². The Morgan fingerprint density at radius 3 is 1.33 bits per heavy atom. The van der Waals surface area contributed by atoms with Gasteiger partial charge in [0.25, 0.3) is 0 Å². The van der Waals surface area contributed by atoms with Crippen molar-refractivity contribution in [3.8, 4) is 0 Å². The Morgan fingerprint density at radius 2 is 0.944 bits per heavy atom. The molecule has 0 amide bonds. The molecule has 0 aliphatic rings. The lowest BCUT2D eigenvalue weighted by Crippen LogP contribution is -2.36. The Hall–Kier alpha value is -1.12. The van der Waals surface area contributed by atoms with Gasteiger partial charge in [0, 0.05) is 36.1 Å². The van der Waals surface area contributed by atoms with Gasteiger partial charge in [-0.3, -0.25) is 0 Å². The van der Waals surface area contributed by atoms with Crippen LogP contribution in [-0.2, 0) is 12.8 Å².